The van der Waals surface area contributed by atoms with Gasteiger partial charge in [0, 0.05) is 74.2 Å². The Labute approximate surface area is 278 Å². The Balaban J connectivity index is 1.21. The first-order valence-corrected chi connectivity index (χ1v) is 15.4. The number of hydrogen-bond acceptors (Lipinski definition) is 5. The first-order valence-electron chi connectivity index (χ1n) is 15.4. The molecule has 0 aliphatic carbocycles. The largest absolute Gasteiger partial charge is 0.507 e. The predicted molar refractivity (Wildman–Crippen MR) is 176 cm³/mol. The average Bonchev–Trinajstić information content (AvgIpc) is 3.65. The summed E-state index contributed by atoms with van der Waals surface area (Å²) in [6.07, 6.45) is 5.24. The lowest BCUT2D eigenvalue weighted by Gasteiger charge is -2.35. The van der Waals surface area contributed by atoms with Crippen LogP contribution in [0.25, 0.3) is 11.4 Å². The van der Waals surface area contributed by atoms with Gasteiger partial charge in [-0.25, -0.2) is 17.6 Å². The van der Waals surface area contributed by atoms with E-state index in [9.17, 15) is 37.1 Å². The summed E-state index contributed by atoms with van der Waals surface area (Å²) < 4.78 is 59.9. The fourth-order valence-electron chi connectivity index (χ4n) is 5.79. The van der Waals surface area contributed by atoms with Crippen molar-refractivity contribution in [3.8, 4) is 5.69 Å². The van der Waals surface area contributed by atoms with E-state index in [1.807, 2.05) is 53.4 Å². The van der Waals surface area contributed by atoms with Crippen LogP contribution in [0.2, 0.25) is 0 Å². The van der Waals surface area contributed by atoms with Gasteiger partial charge < -0.3 is 24.0 Å². The number of rotatable bonds is 9. The Kier molecular flexibility index (Phi) is 9.47. The second-order valence-corrected chi connectivity index (χ2v) is 11.6. The molecule has 1 aliphatic rings. The standard InChI is InChI=1S/C37H30F4N4O4/c38-26-5-3-4-24(18-26)22-45-23-25(19-29-31(39)10-11-32(40)35(29)41)20-30(36(45)48)33(46)21-34(47)37(49)44-16-14-43(15-17-44)28-8-6-27(7-9-28)42-12-1-2-13-42/h1-13,18,20-21,23,46H,14-17,19,22H2. The van der Waals surface area contributed by atoms with Gasteiger partial charge in [-0.1, -0.05) is 12.1 Å². The van der Waals surface area contributed by atoms with E-state index in [4.69, 9.17) is 0 Å². The molecular formula is C37H30F4N4O4. The monoisotopic (exact) mass is 670 g/mol. The van der Waals surface area contributed by atoms with E-state index in [2.05, 4.69) is 4.90 Å². The minimum Gasteiger partial charge on any atom is -0.507 e. The molecule has 6 rings (SSSR count). The minimum atomic E-state index is -1.42. The van der Waals surface area contributed by atoms with Gasteiger partial charge >= 0.3 is 0 Å². The predicted octanol–water partition coefficient (Wildman–Crippen LogP) is 5.65. The van der Waals surface area contributed by atoms with Crippen molar-refractivity contribution in [1.82, 2.24) is 14.0 Å². The lowest BCUT2D eigenvalue weighted by molar-refractivity contribution is -0.142. The number of benzene rings is 3. The molecule has 1 saturated heterocycles. The van der Waals surface area contributed by atoms with E-state index in [1.165, 1.54) is 29.3 Å². The van der Waals surface area contributed by atoms with Crippen LogP contribution in [0, 0.1) is 23.3 Å². The number of carbonyl (C=O) groups excluding carboxylic acids is 2. The van der Waals surface area contributed by atoms with Crippen LogP contribution in [0.3, 0.4) is 0 Å². The Hall–Kier alpha value is -5.91. The summed E-state index contributed by atoms with van der Waals surface area (Å²) >= 11 is 0. The number of pyridine rings is 1. The van der Waals surface area contributed by atoms with Crippen molar-refractivity contribution < 1.29 is 32.3 Å². The molecule has 0 radical (unpaired) electrons. The van der Waals surface area contributed by atoms with Gasteiger partial charge in [-0.3, -0.25) is 14.4 Å². The van der Waals surface area contributed by atoms with Crippen molar-refractivity contribution in [2.75, 3.05) is 31.1 Å². The van der Waals surface area contributed by atoms with Crippen LogP contribution in [0.5, 0.6) is 0 Å². The molecule has 3 heterocycles. The van der Waals surface area contributed by atoms with Gasteiger partial charge in [-0.05, 0) is 77.9 Å². The highest BCUT2D eigenvalue weighted by Crippen LogP contribution is 2.22. The summed E-state index contributed by atoms with van der Waals surface area (Å²) in [5, 5.41) is 11.0. The summed E-state index contributed by atoms with van der Waals surface area (Å²) in [6, 6.07) is 19.7. The van der Waals surface area contributed by atoms with E-state index in [0.29, 0.717) is 30.8 Å². The maximum atomic E-state index is 14.5. The number of amides is 1. The highest BCUT2D eigenvalue weighted by atomic mass is 19.2. The number of hydrogen-bond donors (Lipinski definition) is 1. The van der Waals surface area contributed by atoms with Crippen LogP contribution in [0.4, 0.5) is 23.2 Å². The second kappa shape index (κ2) is 14.1. The molecule has 1 fully saturated rings. The van der Waals surface area contributed by atoms with Crippen LogP contribution in [0.1, 0.15) is 22.3 Å². The second-order valence-electron chi connectivity index (χ2n) is 11.6. The Morgan fingerprint density at radius 2 is 1.45 bits per heavy atom. The molecule has 1 aliphatic heterocycles. The van der Waals surface area contributed by atoms with Gasteiger partial charge in [0.15, 0.2) is 11.6 Å². The molecule has 5 aromatic rings. The molecule has 1 amide bonds. The van der Waals surface area contributed by atoms with Crippen LogP contribution in [-0.4, -0.2) is 57.0 Å². The van der Waals surface area contributed by atoms with Crippen molar-refractivity contribution in [2.45, 2.75) is 13.0 Å². The maximum absolute atomic E-state index is 14.5. The first-order chi connectivity index (χ1) is 23.6. The van der Waals surface area contributed by atoms with E-state index >= 15 is 0 Å². The van der Waals surface area contributed by atoms with Gasteiger partial charge in [-0.15, -0.1) is 0 Å². The molecule has 2 aromatic heterocycles. The third-order valence-electron chi connectivity index (χ3n) is 8.34. The summed E-state index contributed by atoms with van der Waals surface area (Å²) in [7, 11) is 0. The molecule has 12 heteroatoms. The van der Waals surface area contributed by atoms with Gasteiger partial charge in [0.25, 0.3) is 11.5 Å². The molecule has 0 spiro atoms. The first kappa shape index (κ1) is 33.0. The smallest absolute Gasteiger partial charge is 0.294 e. The molecule has 1 N–H and O–H groups in total. The summed E-state index contributed by atoms with van der Waals surface area (Å²) in [5.41, 5.74) is 0.509. The molecule has 0 unspecified atom stereocenters. The van der Waals surface area contributed by atoms with E-state index < -0.39 is 63.8 Å². The number of aromatic nitrogens is 2. The zero-order chi connectivity index (χ0) is 34.7. The highest BCUT2D eigenvalue weighted by Gasteiger charge is 2.26. The number of halogens is 4. The quantitative estimate of drug-likeness (QED) is 0.0721. The van der Waals surface area contributed by atoms with Gasteiger partial charge in [0.2, 0.25) is 5.78 Å². The molecule has 0 atom stereocenters. The topological polar surface area (TPSA) is 87.8 Å². The molecular weight excluding hydrogens is 640 g/mol. The number of piperazine rings is 1. The van der Waals surface area contributed by atoms with Gasteiger partial charge in [0.1, 0.15) is 17.4 Å². The van der Waals surface area contributed by atoms with Crippen LogP contribution in [-0.2, 0) is 22.6 Å². The van der Waals surface area contributed by atoms with E-state index in [1.54, 1.807) is 6.07 Å². The Morgan fingerprint density at radius 1 is 0.776 bits per heavy atom. The lowest BCUT2D eigenvalue weighted by atomic mass is 10.0. The molecule has 0 bridgehead atoms. The van der Waals surface area contributed by atoms with E-state index in [-0.39, 0.29) is 25.2 Å². The van der Waals surface area contributed by atoms with Crippen molar-refractivity contribution in [2.24, 2.45) is 0 Å². The van der Waals surface area contributed by atoms with Crippen molar-refractivity contribution >= 4 is 23.1 Å². The number of nitrogens with zero attached hydrogens (tertiary/aromatic N) is 4. The lowest BCUT2D eigenvalue weighted by Crippen LogP contribution is -2.50. The molecule has 49 heavy (non-hydrogen) atoms. The summed E-state index contributed by atoms with van der Waals surface area (Å²) in [6.45, 7) is 1.18. The number of ketones is 1. The zero-order valence-corrected chi connectivity index (χ0v) is 26.0. The van der Waals surface area contributed by atoms with Gasteiger partial charge in [0.05, 0.1) is 12.1 Å². The molecule has 250 valence electrons. The fraction of sp³-hybridized carbons (Fsp3) is 0.162. The van der Waals surface area contributed by atoms with Crippen molar-refractivity contribution in [3.63, 3.8) is 0 Å². The Morgan fingerprint density at radius 3 is 2.14 bits per heavy atom. The van der Waals surface area contributed by atoms with Gasteiger partial charge in [-0.2, -0.15) is 0 Å². The van der Waals surface area contributed by atoms with E-state index in [0.717, 1.165) is 28.1 Å². The average molecular weight is 671 g/mol. The normalized spacial score (nSPS) is 13.5. The fourth-order valence-corrected chi connectivity index (χ4v) is 5.79. The number of anilines is 1. The van der Waals surface area contributed by atoms with Crippen LogP contribution >= 0.6 is 0 Å². The zero-order valence-electron chi connectivity index (χ0n) is 26.0. The van der Waals surface area contributed by atoms with Crippen LogP contribution in [0.15, 0.2) is 108 Å². The number of aliphatic hydroxyl groups excluding tert-OH is 1. The molecule has 0 saturated carbocycles. The third-order valence-corrected chi connectivity index (χ3v) is 8.34. The third kappa shape index (κ3) is 7.33. The molecule has 8 nitrogen and oxygen atoms in total. The van der Waals surface area contributed by atoms with Crippen molar-refractivity contribution in [1.29, 1.82) is 0 Å². The SMILES string of the molecule is O=C(C=C(O)c1cc(Cc2c(F)ccc(F)c2F)cn(Cc2cccc(F)c2)c1=O)C(=O)N1CCN(c2ccc(-n3cccc3)cc2)CC1. The Bertz CT molecular complexity index is 2100. The van der Waals surface area contributed by atoms with Crippen LogP contribution < -0.4 is 10.5 Å². The number of aliphatic hydroxyl groups is 1. The maximum Gasteiger partial charge on any atom is 0.294 e. The minimum absolute atomic E-state index is 0.0747. The number of carbonyl (C=O) groups is 2. The van der Waals surface area contributed by atoms with Crippen molar-refractivity contribution in [3.05, 3.63) is 159 Å². The summed E-state index contributed by atoms with van der Waals surface area (Å²) in [4.78, 5) is 43.0. The summed E-state index contributed by atoms with van der Waals surface area (Å²) in [5.74, 6) is -7.09. The molecule has 3 aromatic carbocycles. The highest BCUT2D eigenvalue weighted by molar-refractivity contribution is 6.41.